The van der Waals surface area contributed by atoms with E-state index in [9.17, 15) is 0 Å². The van der Waals surface area contributed by atoms with E-state index in [1.807, 2.05) is 92.1 Å². The Morgan fingerprint density at radius 3 is 1.93 bits per heavy atom. The van der Waals surface area contributed by atoms with Gasteiger partial charge in [-0.15, -0.1) is 0 Å². The Kier molecular flexibility index (Phi) is 11.2. The minimum absolute atomic E-state index is 0.174. The number of nitrogens with zero attached hydrogens (tertiary/aromatic N) is 4. The van der Waals surface area contributed by atoms with Crippen LogP contribution in [0.25, 0.3) is 0 Å². The maximum atomic E-state index is 7.56. The van der Waals surface area contributed by atoms with Gasteiger partial charge in [-0.2, -0.15) is 5.10 Å². The third kappa shape index (κ3) is 8.83. The van der Waals surface area contributed by atoms with E-state index in [0.717, 1.165) is 33.8 Å². The molecule has 3 aromatic carbocycles. The highest BCUT2D eigenvalue weighted by molar-refractivity contribution is 5.28. The summed E-state index contributed by atoms with van der Waals surface area (Å²) in [6.07, 6.45) is 2.41. The molecule has 1 aromatic heterocycles. The Morgan fingerprint density at radius 2 is 1.39 bits per heavy atom. The summed E-state index contributed by atoms with van der Waals surface area (Å²) in [5, 5.41) is 8.59. The molecule has 4 rings (SSSR count). The highest BCUT2D eigenvalue weighted by atomic mass is 16.5. The Balaban J connectivity index is 1.60. The number of aromatic nitrogens is 2. The van der Waals surface area contributed by atoms with Gasteiger partial charge in [0.15, 0.2) is 6.04 Å². The van der Waals surface area contributed by atoms with Crippen molar-refractivity contribution in [2.24, 2.45) is 12.2 Å². The lowest BCUT2D eigenvalue weighted by Crippen LogP contribution is -2.38. The number of hydrogen-bond acceptors (Lipinski definition) is 8. The van der Waals surface area contributed by atoms with Crippen molar-refractivity contribution in [3.8, 4) is 11.5 Å². The van der Waals surface area contributed by atoms with E-state index in [-0.39, 0.29) is 13.2 Å². The summed E-state index contributed by atoms with van der Waals surface area (Å²) in [4.78, 5) is 3.39. The van der Waals surface area contributed by atoms with Crippen molar-refractivity contribution in [2.75, 3.05) is 20.8 Å². The summed E-state index contributed by atoms with van der Waals surface area (Å²) >= 11 is 0. The molecule has 0 saturated carbocycles. The van der Waals surface area contributed by atoms with Gasteiger partial charge in [0.2, 0.25) is 4.91 Å². The lowest BCUT2D eigenvalue weighted by Gasteiger charge is -2.29. The van der Waals surface area contributed by atoms with E-state index < -0.39 is 18.2 Å². The second kappa shape index (κ2) is 15.4. The highest BCUT2D eigenvalue weighted by Gasteiger charge is 2.37. The van der Waals surface area contributed by atoms with E-state index in [1.54, 1.807) is 25.1 Å². The molecule has 1 N–H and O–H groups in total. The number of aryl methyl sites for hydroxylation is 1. The van der Waals surface area contributed by atoms with E-state index in [4.69, 9.17) is 29.2 Å². The Morgan fingerprint density at radius 1 is 0.805 bits per heavy atom. The molecule has 0 aliphatic carbocycles. The summed E-state index contributed by atoms with van der Waals surface area (Å²) in [6, 6.07) is 24.6. The largest absolute Gasteiger partial charge is 0.497 e. The predicted octanol–water partition coefficient (Wildman–Crippen LogP) is 5.42. The van der Waals surface area contributed by atoms with Crippen molar-refractivity contribution in [2.45, 2.75) is 38.1 Å². The summed E-state index contributed by atoms with van der Waals surface area (Å²) in [5.41, 5.74) is 11.3. The van der Waals surface area contributed by atoms with Crippen LogP contribution in [0.15, 0.2) is 96.4 Å². The Labute approximate surface area is 240 Å². The van der Waals surface area contributed by atoms with Crippen molar-refractivity contribution in [1.29, 1.82) is 5.53 Å². The zero-order valence-corrected chi connectivity index (χ0v) is 23.6. The number of rotatable bonds is 16. The average Bonchev–Trinajstić information content (AvgIpc) is 3.45. The molecule has 0 spiro atoms. The van der Waals surface area contributed by atoms with Crippen LogP contribution in [0, 0.1) is 5.53 Å². The van der Waals surface area contributed by atoms with Crippen LogP contribution in [-0.4, -0.2) is 42.8 Å². The van der Waals surface area contributed by atoms with E-state index in [0.29, 0.717) is 13.2 Å². The topological polar surface area (TPSA) is 114 Å². The maximum Gasteiger partial charge on any atom is 0.214 e. The third-order valence-corrected chi connectivity index (χ3v) is 6.53. The van der Waals surface area contributed by atoms with Crippen LogP contribution in [-0.2, 0) is 41.1 Å². The molecule has 0 unspecified atom stereocenters. The molecule has 4 aromatic rings. The molecule has 0 amide bonds. The van der Waals surface area contributed by atoms with Gasteiger partial charge in [-0.3, -0.25) is 4.68 Å². The third-order valence-electron chi connectivity index (χ3n) is 6.53. The molecule has 3 atom stereocenters. The van der Waals surface area contributed by atoms with Crippen molar-refractivity contribution in [3.05, 3.63) is 114 Å². The molecule has 0 radical (unpaired) electrons. The SMILES string of the molecule is COc1ccc(CO[C@@H]([C@H](COCc2ccccc2)N=[N+]=N)[C@H](OCc2ccc(OC)cc2)c2cnn(C)c2)cc1. The van der Waals surface area contributed by atoms with Gasteiger partial charge in [-0.05, 0) is 41.0 Å². The molecule has 10 nitrogen and oxygen atoms in total. The summed E-state index contributed by atoms with van der Waals surface area (Å²) in [5.74, 6) is 1.53. The van der Waals surface area contributed by atoms with Crippen molar-refractivity contribution >= 4 is 0 Å². The van der Waals surface area contributed by atoms with Crippen LogP contribution < -0.4 is 14.4 Å². The smallest absolute Gasteiger partial charge is 0.214 e. The van der Waals surface area contributed by atoms with E-state index >= 15 is 0 Å². The minimum atomic E-state index is -0.649. The van der Waals surface area contributed by atoms with Crippen LogP contribution in [0.5, 0.6) is 11.5 Å². The summed E-state index contributed by atoms with van der Waals surface area (Å²) in [7, 11) is 5.11. The predicted molar refractivity (Wildman–Crippen MR) is 152 cm³/mol. The molecule has 10 heteroatoms. The summed E-state index contributed by atoms with van der Waals surface area (Å²) < 4.78 is 31.4. The van der Waals surface area contributed by atoms with Gasteiger partial charge in [0.1, 0.15) is 34.4 Å². The molecule has 41 heavy (non-hydrogen) atoms. The monoisotopic (exact) mass is 558 g/mol. The fourth-order valence-electron chi connectivity index (χ4n) is 4.33. The molecule has 0 aliphatic rings. The van der Waals surface area contributed by atoms with Crippen LogP contribution in [0.2, 0.25) is 0 Å². The van der Waals surface area contributed by atoms with E-state index in [1.165, 1.54) is 0 Å². The zero-order chi connectivity index (χ0) is 28.9. The fourth-order valence-corrected chi connectivity index (χ4v) is 4.33. The Bertz CT molecular complexity index is 1370. The molecule has 0 fully saturated rings. The van der Waals surface area contributed by atoms with Crippen LogP contribution >= 0.6 is 0 Å². The minimum Gasteiger partial charge on any atom is -0.497 e. The summed E-state index contributed by atoms with van der Waals surface area (Å²) in [6.45, 7) is 1.15. The van der Waals surface area contributed by atoms with Crippen molar-refractivity contribution in [3.63, 3.8) is 0 Å². The number of benzene rings is 3. The maximum absolute atomic E-state index is 7.56. The highest BCUT2D eigenvalue weighted by Crippen LogP contribution is 2.30. The fraction of sp³-hybridized carbons (Fsp3) is 0.323. The van der Waals surface area contributed by atoms with E-state index in [2.05, 4.69) is 15.1 Å². The first kappa shape index (κ1) is 29.6. The molecule has 214 valence electrons. The standard InChI is InChI=1S/C31H36N5O5/c1-36-18-26(17-33-36)30(40-20-24-9-13-27(37-2)14-10-24)31(41-21-25-11-15-28(38-3)16-12-25)29(34-35-32)22-39-19-23-7-5-4-6-8-23/h4-18,29-32H,19-22H2,1-3H3/q+1/t29-,30+,31-/m0/s1. The number of ether oxygens (including phenoxy) is 5. The van der Waals surface area contributed by atoms with Gasteiger partial charge in [0.25, 0.3) is 0 Å². The van der Waals surface area contributed by atoms with Crippen LogP contribution in [0.1, 0.15) is 28.4 Å². The van der Waals surface area contributed by atoms with Gasteiger partial charge in [-0.25, -0.2) is 0 Å². The average molecular weight is 559 g/mol. The molecular weight excluding hydrogens is 522 g/mol. The van der Waals surface area contributed by atoms with Crippen LogP contribution in [0.4, 0.5) is 0 Å². The molecule has 0 aliphatic heterocycles. The first-order valence-electron chi connectivity index (χ1n) is 13.3. The van der Waals surface area contributed by atoms with Gasteiger partial charge in [-0.1, -0.05) is 54.6 Å². The quantitative estimate of drug-likeness (QED) is 0.145. The van der Waals surface area contributed by atoms with Gasteiger partial charge < -0.3 is 23.7 Å². The van der Waals surface area contributed by atoms with Gasteiger partial charge in [0.05, 0.1) is 46.8 Å². The molecule has 0 saturated heterocycles. The second-order valence-electron chi connectivity index (χ2n) is 9.43. The normalized spacial score (nSPS) is 13.1. The second-order valence-corrected chi connectivity index (χ2v) is 9.43. The number of methoxy groups -OCH3 is 2. The van der Waals surface area contributed by atoms with Gasteiger partial charge in [0, 0.05) is 18.8 Å². The van der Waals surface area contributed by atoms with Crippen LogP contribution in [0.3, 0.4) is 0 Å². The first-order valence-corrected chi connectivity index (χ1v) is 13.3. The zero-order valence-electron chi connectivity index (χ0n) is 23.6. The number of hydrogen-bond donors (Lipinski definition) is 1. The van der Waals surface area contributed by atoms with Crippen molar-refractivity contribution in [1.82, 2.24) is 14.7 Å². The molecule has 0 bridgehead atoms. The molecular formula is C31H36N5O5+. The Hall–Kier alpha value is -4.34. The number of nitrogens with one attached hydrogen (secondary N) is 1. The van der Waals surface area contributed by atoms with Crippen molar-refractivity contribution < 1.29 is 23.7 Å². The molecule has 1 heterocycles. The first-order chi connectivity index (χ1) is 20.1. The lowest BCUT2D eigenvalue weighted by atomic mass is 10.0. The van der Waals surface area contributed by atoms with Gasteiger partial charge >= 0.3 is 0 Å². The lowest BCUT2D eigenvalue weighted by molar-refractivity contribution is -0.108.